The number of carbonyl (C=O) groups is 5. The predicted octanol–water partition coefficient (Wildman–Crippen LogP) is -4.67. The highest BCUT2D eigenvalue weighted by molar-refractivity contribution is 5.93. The van der Waals surface area contributed by atoms with Gasteiger partial charge in [-0.1, -0.05) is 0 Å². The molecule has 0 heterocycles. The van der Waals surface area contributed by atoms with Crippen LogP contribution in [-0.2, 0) is 24.0 Å². The van der Waals surface area contributed by atoms with Crippen LogP contribution in [0.1, 0.15) is 12.8 Å². The van der Waals surface area contributed by atoms with E-state index in [9.17, 15) is 24.0 Å². The van der Waals surface area contributed by atoms with Gasteiger partial charge < -0.3 is 42.1 Å². The Kier molecular flexibility index (Phi) is 10.5. The largest absolute Gasteiger partial charge is 0.481 e. The molecule has 0 spiro atoms. The monoisotopic (exact) mass is 378 g/mol. The van der Waals surface area contributed by atoms with Gasteiger partial charge in [-0.05, 0) is 6.42 Å². The normalized spacial score (nSPS) is 13.8. The summed E-state index contributed by atoms with van der Waals surface area (Å²) in [6.07, 6.45) is -0.929. The second-order valence-electron chi connectivity index (χ2n) is 5.08. The lowest BCUT2D eigenvalue weighted by atomic mass is 10.1. The van der Waals surface area contributed by atoms with Crippen molar-refractivity contribution in [2.24, 2.45) is 5.73 Å². The van der Waals surface area contributed by atoms with E-state index in [0.717, 1.165) is 0 Å². The van der Waals surface area contributed by atoms with Gasteiger partial charge in [0.2, 0.25) is 17.7 Å². The molecule has 3 amide bonds. The average Bonchev–Trinajstić information content (AvgIpc) is 2.59. The number of rotatable bonds is 12. The van der Waals surface area contributed by atoms with Gasteiger partial charge in [0.05, 0.1) is 19.8 Å². The minimum Gasteiger partial charge on any atom is -0.481 e. The highest BCUT2D eigenvalue weighted by Crippen LogP contribution is 2.01. The third kappa shape index (κ3) is 8.36. The summed E-state index contributed by atoms with van der Waals surface area (Å²) in [7, 11) is 0. The number of aliphatic hydroxyl groups excluding tert-OH is 2. The van der Waals surface area contributed by atoms with Crippen molar-refractivity contribution >= 4 is 29.7 Å². The summed E-state index contributed by atoms with van der Waals surface area (Å²) in [6, 6.07) is -4.58. The maximum Gasteiger partial charge on any atom is 0.328 e. The summed E-state index contributed by atoms with van der Waals surface area (Å²) < 4.78 is 0. The van der Waals surface area contributed by atoms with Crippen LogP contribution < -0.4 is 21.7 Å². The first-order chi connectivity index (χ1) is 12.2. The summed E-state index contributed by atoms with van der Waals surface area (Å²) in [5, 5.41) is 41.7. The molecule has 0 aliphatic carbocycles. The van der Waals surface area contributed by atoms with Gasteiger partial charge >= 0.3 is 11.9 Å². The number of carboxylic acid groups (broad SMARTS) is 2. The summed E-state index contributed by atoms with van der Waals surface area (Å²) in [6.45, 7) is -2.20. The lowest BCUT2D eigenvalue weighted by Crippen LogP contribution is -2.57. The average molecular weight is 378 g/mol. The smallest absolute Gasteiger partial charge is 0.328 e. The first-order valence-corrected chi connectivity index (χ1v) is 7.42. The van der Waals surface area contributed by atoms with Gasteiger partial charge in [0.1, 0.15) is 18.1 Å². The number of aliphatic carboxylic acids is 2. The second-order valence-corrected chi connectivity index (χ2v) is 5.08. The van der Waals surface area contributed by atoms with Crippen LogP contribution in [0, 0.1) is 0 Å². The number of nitrogens with two attached hydrogens (primary N) is 1. The molecule has 0 aliphatic heterocycles. The minimum absolute atomic E-state index is 0.395. The van der Waals surface area contributed by atoms with E-state index in [4.69, 9.17) is 26.2 Å². The number of amides is 3. The Labute approximate surface area is 147 Å². The van der Waals surface area contributed by atoms with Gasteiger partial charge in [0.15, 0.2) is 0 Å². The van der Waals surface area contributed by atoms with Gasteiger partial charge in [-0.2, -0.15) is 0 Å². The van der Waals surface area contributed by atoms with E-state index >= 15 is 0 Å². The van der Waals surface area contributed by atoms with Crippen molar-refractivity contribution < 1.29 is 44.4 Å². The molecule has 0 aromatic heterocycles. The minimum atomic E-state index is -1.66. The van der Waals surface area contributed by atoms with E-state index in [1.165, 1.54) is 0 Å². The number of carbonyl (C=O) groups excluding carboxylic acids is 3. The molecule has 3 unspecified atom stereocenters. The van der Waals surface area contributed by atoms with E-state index in [0.29, 0.717) is 0 Å². The van der Waals surface area contributed by atoms with Gasteiger partial charge in [0, 0.05) is 6.42 Å². The molecule has 9 N–H and O–H groups in total. The Bertz CT molecular complexity index is 540. The molecule has 13 nitrogen and oxygen atoms in total. The molecule has 0 aromatic carbocycles. The highest BCUT2D eigenvalue weighted by atomic mass is 16.4. The lowest BCUT2D eigenvalue weighted by Gasteiger charge is -2.23. The molecule has 0 rings (SSSR count). The Morgan fingerprint density at radius 2 is 1.31 bits per heavy atom. The van der Waals surface area contributed by atoms with Gasteiger partial charge in [-0.15, -0.1) is 0 Å². The second kappa shape index (κ2) is 11.7. The zero-order valence-corrected chi connectivity index (χ0v) is 13.7. The van der Waals surface area contributed by atoms with Crippen LogP contribution in [0.4, 0.5) is 0 Å². The van der Waals surface area contributed by atoms with Gasteiger partial charge in [-0.3, -0.25) is 19.2 Å². The summed E-state index contributed by atoms with van der Waals surface area (Å²) in [4.78, 5) is 56.9. The van der Waals surface area contributed by atoms with Crippen LogP contribution in [0.5, 0.6) is 0 Å². The molecular weight excluding hydrogens is 356 g/mol. The molecule has 0 saturated heterocycles. The standard InChI is InChI=1S/C13H22N4O9/c14-3-9(20)15-7(4-18)12(24)16-6(1-2-10(21)22)11(23)17-8(5-19)13(25)26/h6-8,18-19H,1-5,14H2,(H,15,20)(H,16,24)(H,17,23)(H,21,22)(H,25,26). The van der Waals surface area contributed by atoms with E-state index in [-0.39, 0.29) is 0 Å². The van der Waals surface area contributed by atoms with Crippen molar-refractivity contribution in [3.63, 3.8) is 0 Å². The molecule has 13 heteroatoms. The lowest BCUT2D eigenvalue weighted by molar-refractivity contribution is -0.144. The maximum atomic E-state index is 12.1. The molecular formula is C13H22N4O9. The summed E-state index contributed by atoms with van der Waals surface area (Å²) >= 11 is 0. The highest BCUT2D eigenvalue weighted by Gasteiger charge is 2.29. The zero-order chi connectivity index (χ0) is 20.3. The van der Waals surface area contributed by atoms with Gasteiger partial charge in [-0.25, -0.2) is 4.79 Å². The molecule has 0 aliphatic rings. The molecule has 148 valence electrons. The summed E-state index contributed by atoms with van der Waals surface area (Å²) in [5.41, 5.74) is 5.07. The number of carboxylic acids is 2. The number of nitrogens with one attached hydrogen (secondary N) is 3. The van der Waals surface area contributed by atoms with Crippen LogP contribution >= 0.6 is 0 Å². The molecule has 0 saturated carbocycles. The molecule has 0 bridgehead atoms. The third-order valence-corrected chi connectivity index (χ3v) is 3.10. The maximum absolute atomic E-state index is 12.1. The molecule has 0 radical (unpaired) electrons. The number of hydrogen-bond acceptors (Lipinski definition) is 8. The van der Waals surface area contributed by atoms with E-state index < -0.39 is 80.4 Å². The molecule has 26 heavy (non-hydrogen) atoms. The fourth-order valence-electron chi connectivity index (χ4n) is 1.71. The molecule has 0 fully saturated rings. The third-order valence-electron chi connectivity index (χ3n) is 3.10. The number of aliphatic hydroxyl groups is 2. The fourth-order valence-corrected chi connectivity index (χ4v) is 1.71. The van der Waals surface area contributed by atoms with Crippen molar-refractivity contribution in [1.29, 1.82) is 0 Å². The summed E-state index contributed by atoms with van der Waals surface area (Å²) in [5.74, 6) is -5.62. The van der Waals surface area contributed by atoms with E-state index in [1.54, 1.807) is 0 Å². The van der Waals surface area contributed by atoms with Crippen LogP contribution in [-0.4, -0.2) is 88.0 Å². The first-order valence-electron chi connectivity index (χ1n) is 7.42. The van der Waals surface area contributed by atoms with Crippen molar-refractivity contribution in [3.8, 4) is 0 Å². The predicted molar refractivity (Wildman–Crippen MR) is 83.5 cm³/mol. The van der Waals surface area contributed by atoms with Crippen LogP contribution in [0.2, 0.25) is 0 Å². The van der Waals surface area contributed by atoms with Crippen molar-refractivity contribution in [2.75, 3.05) is 19.8 Å². The number of hydrogen-bond donors (Lipinski definition) is 8. The quantitative estimate of drug-likeness (QED) is 0.162. The first kappa shape index (κ1) is 23.2. The van der Waals surface area contributed by atoms with Crippen molar-refractivity contribution in [3.05, 3.63) is 0 Å². The van der Waals surface area contributed by atoms with E-state index in [2.05, 4.69) is 10.6 Å². The Hall–Kier alpha value is -2.77. The topological polar surface area (TPSA) is 228 Å². The van der Waals surface area contributed by atoms with Crippen LogP contribution in [0.3, 0.4) is 0 Å². The molecule has 3 atom stereocenters. The Morgan fingerprint density at radius 3 is 1.73 bits per heavy atom. The van der Waals surface area contributed by atoms with Gasteiger partial charge in [0.25, 0.3) is 0 Å². The SMILES string of the molecule is NCC(=O)NC(CO)C(=O)NC(CCC(=O)O)C(=O)NC(CO)C(=O)O. The van der Waals surface area contributed by atoms with E-state index in [1.807, 2.05) is 5.32 Å². The molecule has 0 aromatic rings. The van der Waals surface area contributed by atoms with Crippen molar-refractivity contribution in [1.82, 2.24) is 16.0 Å². The fraction of sp³-hybridized carbons (Fsp3) is 0.615. The zero-order valence-electron chi connectivity index (χ0n) is 13.7. The van der Waals surface area contributed by atoms with Crippen LogP contribution in [0.15, 0.2) is 0 Å². The van der Waals surface area contributed by atoms with Crippen molar-refractivity contribution in [2.45, 2.75) is 31.0 Å². The Morgan fingerprint density at radius 1 is 0.808 bits per heavy atom. The van der Waals surface area contributed by atoms with Crippen LogP contribution in [0.25, 0.3) is 0 Å². The Balaban J connectivity index is 5.13.